The van der Waals surface area contributed by atoms with Crippen molar-refractivity contribution in [1.82, 2.24) is 10.3 Å². The Labute approximate surface area is 167 Å². The molecule has 1 saturated heterocycles. The first-order valence-corrected chi connectivity index (χ1v) is 9.89. The zero-order chi connectivity index (χ0) is 19.8. The lowest BCUT2D eigenvalue weighted by Crippen LogP contribution is -2.28. The van der Waals surface area contributed by atoms with Crippen LogP contribution in [-0.4, -0.2) is 24.0 Å². The highest BCUT2D eigenvalue weighted by atomic mass is 35.5. The van der Waals surface area contributed by atoms with Gasteiger partial charge in [-0.15, -0.1) is 0 Å². The minimum atomic E-state index is -0.456. The van der Waals surface area contributed by atoms with Crippen molar-refractivity contribution in [3.05, 3.63) is 62.3 Å². The first-order valence-electron chi connectivity index (χ1n) is 9.51. The molecule has 1 unspecified atom stereocenters. The molecular formula is C21H22ClFN2O3. The number of hydrogen-bond acceptors (Lipinski definition) is 3. The third kappa shape index (κ3) is 3.78. The Morgan fingerprint density at radius 3 is 2.64 bits per heavy atom. The van der Waals surface area contributed by atoms with Gasteiger partial charge in [0.15, 0.2) is 0 Å². The number of methoxy groups -OCH3 is 1. The van der Waals surface area contributed by atoms with E-state index in [1.165, 1.54) is 13.2 Å². The number of amides is 1. The quantitative estimate of drug-likeness (QED) is 0.768. The Kier molecular flexibility index (Phi) is 5.15. The predicted octanol–water partition coefficient (Wildman–Crippen LogP) is 3.85. The van der Waals surface area contributed by atoms with Crippen LogP contribution < -0.4 is 15.6 Å². The van der Waals surface area contributed by atoms with Crippen LogP contribution in [0.5, 0.6) is 5.75 Å². The van der Waals surface area contributed by atoms with Gasteiger partial charge in [0.05, 0.1) is 12.1 Å². The van der Waals surface area contributed by atoms with Crippen LogP contribution in [0.25, 0.3) is 0 Å². The third-order valence-electron chi connectivity index (χ3n) is 5.61. The number of rotatable bonds is 6. The number of aromatic amines is 1. The molecule has 2 fully saturated rings. The number of carbonyl (C=O) groups excluding carboxylic acids is 1. The number of hydrogen-bond donors (Lipinski definition) is 2. The number of carbonyl (C=O) groups is 1. The summed E-state index contributed by atoms with van der Waals surface area (Å²) in [4.78, 5) is 27.1. The molecule has 5 nitrogen and oxygen atoms in total. The summed E-state index contributed by atoms with van der Waals surface area (Å²) in [6.45, 7) is 0. The molecule has 0 bridgehead atoms. The molecule has 1 amide bonds. The summed E-state index contributed by atoms with van der Waals surface area (Å²) in [5.74, 6) is -0.309. The summed E-state index contributed by atoms with van der Waals surface area (Å²) in [6, 6.07) is 6.42. The van der Waals surface area contributed by atoms with Crippen molar-refractivity contribution >= 4 is 17.5 Å². The summed E-state index contributed by atoms with van der Waals surface area (Å²) in [6.07, 6.45) is 3.68. The molecule has 2 aromatic rings. The largest absolute Gasteiger partial charge is 0.495 e. The molecule has 148 valence electrons. The standard InChI is InChI=1S/C21H22ClFN2O3/c1-28-19-10-17(23)14(9-16(19)22)15(8-12-4-7-20(26)24-12)18-6-5-13(11-2-3-11)21(27)25-18/h5-6,9-12,15H,2-4,7-8H2,1H3,(H,24,26)(H,25,27)/t12-,15?/m1/s1. The Morgan fingerprint density at radius 2 is 2.04 bits per heavy atom. The monoisotopic (exact) mass is 404 g/mol. The second-order valence-corrected chi connectivity index (χ2v) is 7.98. The third-order valence-corrected chi connectivity index (χ3v) is 5.90. The van der Waals surface area contributed by atoms with E-state index in [9.17, 15) is 14.0 Å². The van der Waals surface area contributed by atoms with E-state index in [-0.39, 0.29) is 23.3 Å². The fraction of sp³-hybridized carbons (Fsp3) is 0.429. The zero-order valence-corrected chi connectivity index (χ0v) is 16.3. The maximum absolute atomic E-state index is 14.9. The number of benzene rings is 1. The van der Waals surface area contributed by atoms with E-state index < -0.39 is 11.7 Å². The van der Waals surface area contributed by atoms with E-state index >= 15 is 0 Å². The molecule has 7 heteroatoms. The van der Waals surface area contributed by atoms with Gasteiger partial charge in [-0.1, -0.05) is 17.7 Å². The van der Waals surface area contributed by atoms with E-state index in [0.717, 1.165) is 18.4 Å². The normalized spacial score (nSPS) is 20.1. The number of H-pyrrole nitrogens is 1. The number of halogens is 2. The van der Waals surface area contributed by atoms with Gasteiger partial charge in [0.1, 0.15) is 11.6 Å². The molecular weight excluding hydrogens is 383 g/mol. The van der Waals surface area contributed by atoms with Gasteiger partial charge in [0.2, 0.25) is 5.91 Å². The van der Waals surface area contributed by atoms with Crippen molar-refractivity contribution in [1.29, 1.82) is 0 Å². The topological polar surface area (TPSA) is 71.2 Å². The average molecular weight is 405 g/mol. The second kappa shape index (κ2) is 7.59. The summed E-state index contributed by atoms with van der Waals surface area (Å²) in [5, 5.41) is 3.23. The van der Waals surface area contributed by atoms with Crippen molar-refractivity contribution in [2.24, 2.45) is 0 Å². The average Bonchev–Trinajstić information content (AvgIpc) is 3.43. The molecule has 2 N–H and O–H groups in total. The number of pyridine rings is 1. The number of aromatic nitrogens is 1. The van der Waals surface area contributed by atoms with Crippen LogP contribution in [-0.2, 0) is 4.79 Å². The lowest BCUT2D eigenvalue weighted by atomic mass is 9.87. The van der Waals surface area contributed by atoms with E-state index in [2.05, 4.69) is 10.3 Å². The van der Waals surface area contributed by atoms with Crippen molar-refractivity contribution in [3.8, 4) is 5.75 Å². The Morgan fingerprint density at radius 1 is 1.25 bits per heavy atom. The molecule has 4 rings (SSSR count). The van der Waals surface area contributed by atoms with Crippen LogP contribution in [0.15, 0.2) is 29.1 Å². The van der Waals surface area contributed by atoms with Crippen LogP contribution in [0.4, 0.5) is 4.39 Å². The molecule has 2 aliphatic rings. The molecule has 1 aromatic heterocycles. The SMILES string of the molecule is COc1cc(F)c(C(C[C@H]2CCC(=O)N2)c2ccc(C3CC3)c(=O)[nH]2)cc1Cl. The van der Waals surface area contributed by atoms with Gasteiger partial charge >= 0.3 is 0 Å². The lowest BCUT2D eigenvalue weighted by Gasteiger charge is -2.23. The van der Waals surface area contributed by atoms with Crippen LogP contribution in [0.3, 0.4) is 0 Å². The van der Waals surface area contributed by atoms with Crippen LogP contribution in [0, 0.1) is 5.82 Å². The minimum absolute atomic E-state index is 0.00504. The van der Waals surface area contributed by atoms with E-state index in [1.54, 1.807) is 6.07 Å². The van der Waals surface area contributed by atoms with Crippen molar-refractivity contribution < 1.29 is 13.9 Å². The number of ether oxygens (including phenoxy) is 1. The van der Waals surface area contributed by atoms with E-state index in [4.69, 9.17) is 16.3 Å². The van der Waals surface area contributed by atoms with E-state index in [1.807, 2.05) is 12.1 Å². The predicted molar refractivity (Wildman–Crippen MR) is 105 cm³/mol. The van der Waals surface area contributed by atoms with Gasteiger partial charge in [0, 0.05) is 35.7 Å². The molecule has 2 heterocycles. The smallest absolute Gasteiger partial charge is 0.251 e. The highest BCUT2D eigenvalue weighted by Gasteiger charge is 2.30. The van der Waals surface area contributed by atoms with Crippen LogP contribution in [0.1, 0.15) is 60.8 Å². The lowest BCUT2D eigenvalue weighted by molar-refractivity contribution is -0.119. The fourth-order valence-corrected chi connectivity index (χ4v) is 4.20. The van der Waals surface area contributed by atoms with Gasteiger partial charge in [-0.05, 0) is 49.3 Å². The molecule has 1 saturated carbocycles. The molecule has 1 aromatic carbocycles. The Balaban J connectivity index is 1.74. The molecule has 1 aliphatic carbocycles. The minimum Gasteiger partial charge on any atom is -0.495 e. The van der Waals surface area contributed by atoms with Crippen LogP contribution >= 0.6 is 11.6 Å². The summed E-state index contributed by atoms with van der Waals surface area (Å²) in [7, 11) is 1.43. The maximum atomic E-state index is 14.9. The van der Waals surface area contributed by atoms with Gasteiger partial charge in [-0.3, -0.25) is 9.59 Å². The zero-order valence-electron chi connectivity index (χ0n) is 15.6. The highest BCUT2D eigenvalue weighted by Crippen LogP contribution is 2.40. The Bertz CT molecular complexity index is 971. The van der Waals surface area contributed by atoms with Gasteiger partial charge < -0.3 is 15.0 Å². The Hall–Kier alpha value is -2.34. The highest BCUT2D eigenvalue weighted by molar-refractivity contribution is 6.32. The molecule has 0 spiro atoms. The summed E-state index contributed by atoms with van der Waals surface area (Å²) in [5.41, 5.74) is 1.66. The second-order valence-electron chi connectivity index (χ2n) is 7.57. The number of nitrogens with one attached hydrogen (secondary N) is 2. The van der Waals surface area contributed by atoms with Gasteiger partial charge in [0.25, 0.3) is 5.56 Å². The maximum Gasteiger partial charge on any atom is 0.251 e. The summed E-state index contributed by atoms with van der Waals surface area (Å²) < 4.78 is 20.0. The first-order chi connectivity index (χ1) is 13.5. The molecule has 28 heavy (non-hydrogen) atoms. The molecule has 0 radical (unpaired) electrons. The first kappa shape index (κ1) is 19.0. The van der Waals surface area contributed by atoms with Gasteiger partial charge in [-0.2, -0.15) is 0 Å². The van der Waals surface area contributed by atoms with Gasteiger partial charge in [-0.25, -0.2) is 4.39 Å². The van der Waals surface area contributed by atoms with Crippen molar-refractivity contribution in [3.63, 3.8) is 0 Å². The van der Waals surface area contributed by atoms with E-state index in [0.29, 0.717) is 41.5 Å². The summed E-state index contributed by atoms with van der Waals surface area (Å²) >= 11 is 6.25. The molecule has 2 atom stereocenters. The van der Waals surface area contributed by atoms with Crippen molar-refractivity contribution in [2.45, 2.75) is 50.0 Å². The van der Waals surface area contributed by atoms with Crippen molar-refractivity contribution in [2.75, 3.05) is 7.11 Å². The fourth-order valence-electron chi connectivity index (χ4n) is 3.95. The molecule has 1 aliphatic heterocycles. The van der Waals surface area contributed by atoms with Crippen LogP contribution in [0.2, 0.25) is 5.02 Å².